The molecule has 1 aliphatic rings. The molecule has 1 saturated heterocycles. The smallest absolute Gasteiger partial charge is 0.240 e. The molecule has 1 aromatic carbocycles. The quantitative estimate of drug-likeness (QED) is 0.935. The fraction of sp³-hybridized carbons (Fsp3) is 0.467. The number of halogens is 2. The Kier molecular flexibility index (Phi) is 5.50. The molecule has 0 saturated carbocycles. The van der Waals surface area contributed by atoms with Crippen molar-refractivity contribution in [1.29, 1.82) is 0 Å². The second-order valence-corrected chi connectivity index (χ2v) is 5.54. The largest absolute Gasteiger partial charge is 0.338 e. The lowest BCUT2D eigenvalue weighted by molar-refractivity contribution is 0.216. The zero-order valence-electron chi connectivity index (χ0n) is 12.4. The monoisotopic (exact) mass is 326 g/mol. The van der Waals surface area contributed by atoms with E-state index in [0.29, 0.717) is 24.2 Å². The van der Waals surface area contributed by atoms with E-state index in [-0.39, 0.29) is 30.8 Å². The Balaban J connectivity index is 0.00000176. The maximum absolute atomic E-state index is 13.5. The highest BCUT2D eigenvalue weighted by Gasteiger charge is 2.33. The van der Waals surface area contributed by atoms with Crippen molar-refractivity contribution in [3.05, 3.63) is 47.4 Å². The third-order valence-corrected chi connectivity index (χ3v) is 4.02. The molecule has 0 aliphatic carbocycles. The summed E-state index contributed by atoms with van der Waals surface area (Å²) >= 11 is 0. The minimum Gasteiger partial charge on any atom is -0.338 e. The lowest BCUT2D eigenvalue weighted by Crippen LogP contribution is -2.25. The van der Waals surface area contributed by atoms with Gasteiger partial charge in [-0.15, -0.1) is 12.4 Å². The molecule has 2 aromatic rings. The first kappa shape index (κ1) is 16.9. The van der Waals surface area contributed by atoms with E-state index in [1.54, 1.807) is 12.1 Å². The van der Waals surface area contributed by atoms with Gasteiger partial charge in [0.05, 0.1) is 13.1 Å². The van der Waals surface area contributed by atoms with E-state index in [0.717, 1.165) is 18.5 Å². The van der Waals surface area contributed by atoms with Gasteiger partial charge in [-0.3, -0.25) is 4.90 Å². The van der Waals surface area contributed by atoms with Crippen molar-refractivity contribution in [2.24, 2.45) is 11.7 Å². The standard InChI is InChI=1S/C15H19FN4O.ClH/c1-10-5-6-20(9-13-18-14(8-17)21-19-13)15(10)11-3-2-4-12(16)7-11;/h2-4,7,10,15H,5-6,8-9,17H2,1H3;1H. The molecule has 5 nitrogen and oxygen atoms in total. The maximum atomic E-state index is 13.5. The molecule has 0 spiro atoms. The number of nitrogens with zero attached hydrogens (tertiary/aromatic N) is 3. The van der Waals surface area contributed by atoms with E-state index < -0.39 is 0 Å². The number of nitrogens with two attached hydrogens (primary N) is 1. The minimum absolute atomic E-state index is 0. The number of aromatic nitrogens is 2. The molecule has 2 unspecified atom stereocenters. The summed E-state index contributed by atoms with van der Waals surface area (Å²) in [5.74, 6) is 1.34. The zero-order chi connectivity index (χ0) is 14.8. The topological polar surface area (TPSA) is 68.2 Å². The first-order valence-electron chi connectivity index (χ1n) is 7.18. The summed E-state index contributed by atoms with van der Waals surface area (Å²) in [6.07, 6.45) is 1.07. The van der Waals surface area contributed by atoms with Crippen LogP contribution in [0.3, 0.4) is 0 Å². The molecular weight excluding hydrogens is 307 g/mol. The Morgan fingerprint density at radius 3 is 2.95 bits per heavy atom. The van der Waals surface area contributed by atoms with Gasteiger partial charge in [0.15, 0.2) is 5.82 Å². The molecule has 2 heterocycles. The Morgan fingerprint density at radius 1 is 1.45 bits per heavy atom. The van der Waals surface area contributed by atoms with Crippen molar-refractivity contribution in [2.75, 3.05) is 6.54 Å². The van der Waals surface area contributed by atoms with E-state index >= 15 is 0 Å². The normalized spacial score (nSPS) is 21.8. The van der Waals surface area contributed by atoms with Crippen LogP contribution in [0.25, 0.3) is 0 Å². The molecule has 22 heavy (non-hydrogen) atoms. The highest BCUT2D eigenvalue weighted by atomic mass is 35.5. The molecule has 1 aliphatic heterocycles. The first-order chi connectivity index (χ1) is 10.2. The van der Waals surface area contributed by atoms with Crippen LogP contribution < -0.4 is 5.73 Å². The molecule has 3 rings (SSSR count). The van der Waals surface area contributed by atoms with Gasteiger partial charge in [0, 0.05) is 6.04 Å². The predicted molar refractivity (Wildman–Crippen MR) is 82.8 cm³/mol. The van der Waals surface area contributed by atoms with Crippen LogP contribution in [0.5, 0.6) is 0 Å². The average Bonchev–Trinajstić information content (AvgIpc) is 3.06. The van der Waals surface area contributed by atoms with E-state index in [2.05, 4.69) is 22.0 Å². The van der Waals surface area contributed by atoms with Gasteiger partial charge in [-0.05, 0) is 36.6 Å². The van der Waals surface area contributed by atoms with Crippen molar-refractivity contribution in [3.8, 4) is 0 Å². The molecule has 1 fully saturated rings. The summed E-state index contributed by atoms with van der Waals surface area (Å²) in [6.45, 7) is 3.97. The van der Waals surface area contributed by atoms with Gasteiger partial charge in [0.1, 0.15) is 5.82 Å². The maximum Gasteiger partial charge on any atom is 0.240 e. The molecule has 0 radical (unpaired) electrons. The van der Waals surface area contributed by atoms with Gasteiger partial charge >= 0.3 is 0 Å². The van der Waals surface area contributed by atoms with Crippen molar-refractivity contribution in [1.82, 2.24) is 15.0 Å². The number of hydrogen-bond donors (Lipinski definition) is 1. The van der Waals surface area contributed by atoms with E-state index in [4.69, 9.17) is 10.3 Å². The fourth-order valence-corrected chi connectivity index (χ4v) is 3.05. The van der Waals surface area contributed by atoms with Crippen LogP contribution in [0.1, 0.15) is 36.7 Å². The zero-order valence-corrected chi connectivity index (χ0v) is 13.2. The highest BCUT2D eigenvalue weighted by Crippen LogP contribution is 2.37. The molecule has 0 amide bonds. The Bertz CT molecular complexity index is 621. The molecule has 0 bridgehead atoms. The molecule has 2 atom stereocenters. The number of benzene rings is 1. The minimum atomic E-state index is -0.198. The van der Waals surface area contributed by atoms with Crippen molar-refractivity contribution in [2.45, 2.75) is 32.5 Å². The molecule has 1 aromatic heterocycles. The Labute approximate surface area is 135 Å². The van der Waals surface area contributed by atoms with Gasteiger partial charge < -0.3 is 10.3 Å². The highest BCUT2D eigenvalue weighted by molar-refractivity contribution is 5.85. The second-order valence-electron chi connectivity index (χ2n) is 5.54. The molecule has 7 heteroatoms. The van der Waals surface area contributed by atoms with Crippen molar-refractivity contribution < 1.29 is 8.91 Å². The third kappa shape index (κ3) is 3.45. The van der Waals surface area contributed by atoms with Crippen molar-refractivity contribution in [3.63, 3.8) is 0 Å². The summed E-state index contributed by atoms with van der Waals surface area (Å²) in [5, 5.41) is 3.94. The number of likely N-dealkylation sites (tertiary alicyclic amines) is 1. The van der Waals surface area contributed by atoms with E-state index in [1.165, 1.54) is 6.07 Å². The van der Waals surface area contributed by atoms with Crippen LogP contribution in [0.4, 0.5) is 4.39 Å². The molecule has 120 valence electrons. The first-order valence-corrected chi connectivity index (χ1v) is 7.18. The lowest BCUT2D eigenvalue weighted by Gasteiger charge is -2.26. The summed E-state index contributed by atoms with van der Waals surface area (Å²) in [7, 11) is 0. The lowest BCUT2D eigenvalue weighted by atomic mass is 9.95. The van der Waals surface area contributed by atoms with Crippen molar-refractivity contribution >= 4 is 12.4 Å². The SMILES string of the molecule is CC1CCN(Cc2noc(CN)n2)C1c1cccc(F)c1.Cl. The predicted octanol–water partition coefficient (Wildman–Crippen LogP) is 2.67. The number of hydrogen-bond acceptors (Lipinski definition) is 5. The fourth-order valence-electron chi connectivity index (χ4n) is 3.05. The van der Waals surface area contributed by atoms with Crippen LogP contribution in [0.2, 0.25) is 0 Å². The summed E-state index contributed by atoms with van der Waals surface area (Å²) in [4.78, 5) is 6.51. The van der Waals surface area contributed by atoms with E-state index in [9.17, 15) is 4.39 Å². The molecular formula is C15H20ClFN4O. The van der Waals surface area contributed by atoms with Crippen LogP contribution >= 0.6 is 12.4 Å². The second kappa shape index (κ2) is 7.17. The molecule has 2 N–H and O–H groups in total. The van der Waals surface area contributed by atoms with Gasteiger partial charge in [0.2, 0.25) is 5.89 Å². The van der Waals surface area contributed by atoms with E-state index in [1.807, 2.05) is 6.07 Å². The van der Waals surface area contributed by atoms with Gasteiger partial charge in [-0.25, -0.2) is 4.39 Å². The Morgan fingerprint density at radius 2 is 2.27 bits per heavy atom. The van der Waals surface area contributed by atoms with Gasteiger partial charge in [-0.2, -0.15) is 4.98 Å². The van der Waals surface area contributed by atoms with Crippen LogP contribution in [0, 0.1) is 11.7 Å². The van der Waals surface area contributed by atoms with Gasteiger partial charge in [-0.1, -0.05) is 24.2 Å². The van der Waals surface area contributed by atoms with Crippen LogP contribution in [0.15, 0.2) is 28.8 Å². The van der Waals surface area contributed by atoms with Crippen LogP contribution in [-0.2, 0) is 13.1 Å². The number of rotatable bonds is 4. The van der Waals surface area contributed by atoms with Crippen LogP contribution in [-0.4, -0.2) is 21.6 Å². The summed E-state index contributed by atoms with van der Waals surface area (Å²) in [5.41, 5.74) is 6.48. The Hall–Kier alpha value is -1.50. The average molecular weight is 327 g/mol. The summed E-state index contributed by atoms with van der Waals surface area (Å²) in [6, 6.07) is 7.00. The summed E-state index contributed by atoms with van der Waals surface area (Å²) < 4.78 is 18.5. The van der Waals surface area contributed by atoms with Gasteiger partial charge in [0.25, 0.3) is 0 Å². The third-order valence-electron chi connectivity index (χ3n) is 4.02.